The van der Waals surface area contributed by atoms with Crippen molar-refractivity contribution in [1.82, 2.24) is 0 Å². The lowest BCUT2D eigenvalue weighted by Gasteiger charge is -2.21. The number of aliphatic hydroxyl groups is 4. The normalized spacial score (nSPS) is 14.6. The van der Waals surface area contributed by atoms with Gasteiger partial charge < -0.3 is 29.6 Å². The van der Waals surface area contributed by atoms with E-state index in [0.717, 1.165) is 11.0 Å². The molecule has 0 fully saturated rings. The molecule has 122 valence electrons. The second kappa shape index (κ2) is 13.8. The van der Waals surface area contributed by atoms with E-state index >= 15 is 0 Å². The van der Waals surface area contributed by atoms with Crippen LogP contribution in [-0.4, -0.2) is 97.8 Å². The van der Waals surface area contributed by atoms with Crippen LogP contribution in [0.4, 0.5) is 0 Å². The number of nitrogens with zero attached hydrogens (tertiary/aromatic N) is 1. The number of hydrogen-bond acceptors (Lipinski definition) is 7. The first-order chi connectivity index (χ1) is 9.26. The Bertz CT molecular complexity index is 215. The molecule has 0 aliphatic heterocycles. The van der Waals surface area contributed by atoms with Gasteiger partial charge in [-0.15, -0.1) is 4.52 Å². The highest BCUT2D eigenvalue weighted by Crippen LogP contribution is 1.96. The van der Waals surface area contributed by atoms with Crippen molar-refractivity contribution in [3.63, 3.8) is 0 Å². The summed E-state index contributed by atoms with van der Waals surface area (Å²) in [5, 5.41) is 34.1. The Morgan fingerprint density at radius 1 is 1.05 bits per heavy atom. The number of rotatable bonds is 10. The molecule has 0 aromatic rings. The third-order valence-corrected chi connectivity index (χ3v) is 2.29. The van der Waals surface area contributed by atoms with Gasteiger partial charge in [0.1, 0.15) is 18.8 Å². The largest absolute Gasteiger partial charge is 0.494 e. The number of ether oxygens (including phenoxy) is 1. The first kappa shape index (κ1) is 22.1. The molecule has 9 heteroatoms. The molecule has 3 atom stereocenters. The van der Waals surface area contributed by atoms with Crippen molar-refractivity contribution >= 4 is 8.69 Å². The Hall–Kier alpha value is -0.180. The maximum atomic E-state index is 9.81. The van der Waals surface area contributed by atoms with Crippen molar-refractivity contribution in [3.8, 4) is 0 Å². The van der Waals surface area contributed by atoms with Gasteiger partial charge in [-0.05, 0) is 4.57 Å². The smallest absolute Gasteiger partial charge is 0.394 e. The van der Waals surface area contributed by atoms with Crippen molar-refractivity contribution in [3.05, 3.63) is 0 Å². The van der Waals surface area contributed by atoms with Crippen LogP contribution < -0.4 is 0 Å². The van der Waals surface area contributed by atoms with Gasteiger partial charge in [-0.25, -0.2) is 0 Å². The average molecular weight is 317 g/mol. The second-order valence-corrected chi connectivity index (χ2v) is 5.61. The molecule has 3 unspecified atom stereocenters. The van der Waals surface area contributed by atoms with E-state index in [0.29, 0.717) is 6.61 Å². The summed E-state index contributed by atoms with van der Waals surface area (Å²) in [5.74, 6) is 0. The number of quaternary nitrogens is 1. The van der Waals surface area contributed by atoms with E-state index in [1.54, 1.807) is 0 Å². The van der Waals surface area contributed by atoms with E-state index in [9.17, 15) is 4.57 Å². The van der Waals surface area contributed by atoms with Crippen molar-refractivity contribution in [2.75, 3.05) is 60.7 Å². The van der Waals surface area contributed by atoms with Gasteiger partial charge in [-0.3, -0.25) is 0 Å². The van der Waals surface area contributed by atoms with Crippen molar-refractivity contribution in [1.29, 1.82) is 0 Å². The first-order valence-corrected chi connectivity index (χ1v) is 7.03. The Morgan fingerprint density at radius 3 is 1.80 bits per heavy atom. The van der Waals surface area contributed by atoms with E-state index in [1.165, 1.54) is 0 Å². The van der Waals surface area contributed by atoms with Gasteiger partial charge in [-0.1, -0.05) is 0 Å². The summed E-state index contributed by atoms with van der Waals surface area (Å²) in [6.45, 7) is 0.673. The molecule has 0 aromatic heterocycles. The van der Waals surface area contributed by atoms with Crippen LogP contribution in [-0.2, 0) is 13.8 Å². The summed E-state index contributed by atoms with van der Waals surface area (Å²) in [6, 6.07) is 0. The van der Waals surface area contributed by atoms with Crippen LogP contribution in [0.1, 0.15) is 0 Å². The second-order valence-electron chi connectivity index (χ2n) is 5.16. The number of hydrogen-bond donors (Lipinski definition) is 4. The van der Waals surface area contributed by atoms with Gasteiger partial charge in [0.05, 0.1) is 47.6 Å². The van der Waals surface area contributed by atoms with Gasteiger partial charge in [0.25, 0.3) is 0 Å². The highest BCUT2D eigenvalue weighted by Gasteiger charge is 2.07. The molecule has 0 radical (unpaired) electrons. The Labute approximate surface area is 121 Å². The van der Waals surface area contributed by atoms with Crippen LogP contribution in [0, 0.1) is 0 Å². The molecule has 4 N–H and O–H groups in total. The van der Waals surface area contributed by atoms with Gasteiger partial charge in [-0.2, -0.15) is 0 Å². The molecule has 0 aliphatic carbocycles. The number of likely N-dealkylation sites (N-methyl/N-ethyl adjacent to an activating group) is 1. The molecule has 0 aromatic carbocycles. The molecule has 20 heavy (non-hydrogen) atoms. The van der Waals surface area contributed by atoms with Crippen LogP contribution in [0.5, 0.6) is 0 Å². The van der Waals surface area contributed by atoms with E-state index in [-0.39, 0.29) is 26.4 Å². The van der Waals surface area contributed by atoms with Crippen molar-refractivity contribution in [2.24, 2.45) is 0 Å². The predicted molar refractivity (Wildman–Crippen MR) is 74.9 cm³/mol. The molecule has 0 bridgehead atoms. The van der Waals surface area contributed by atoms with E-state index in [2.05, 4.69) is 25.7 Å². The highest BCUT2D eigenvalue weighted by atomic mass is 31.1. The molecule has 0 spiro atoms. The van der Waals surface area contributed by atoms with Gasteiger partial charge in [0, 0.05) is 0 Å². The zero-order chi connectivity index (χ0) is 16.0. The minimum absolute atomic E-state index is 0.0342. The monoisotopic (exact) mass is 317 g/mol. The van der Waals surface area contributed by atoms with Gasteiger partial charge in [0.2, 0.25) is 0 Å². The number of aliphatic hydroxyl groups excluding tert-OH is 4. The third-order valence-electron chi connectivity index (χ3n) is 1.97. The maximum Gasteiger partial charge on any atom is 0.494 e. The SMILES string of the molecule is C[N+](C)(C)CCO[PH+]=O.OCC(O)COCC(O)CO. The molecular formula is C11H28NO7P+2. The molecule has 0 amide bonds. The minimum atomic E-state index is -0.916. The fourth-order valence-corrected chi connectivity index (χ4v) is 0.981. The van der Waals surface area contributed by atoms with Crippen molar-refractivity contribution in [2.45, 2.75) is 12.2 Å². The van der Waals surface area contributed by atoms with E-state index < -0.39 is 20.9 Å². The maximum absolute atomic E-state index is 9.81. The molecule has 0 aliphatic rings. The lowest BCUT2D eigenvalue weighted by molar-refractivity contribution is -0.870. The summed E-state index contributed by atoms with van der Waals surface area (Å²) >= 11 is 0. The van der Waals surface area contributed by atoms with Crippen LogP contribution in [0.15, 0.2) is 0 Å². The minimum Gasteiger partial charge on any atom is -0.394 e. The van der Waals surface area contributed by atoms with E-state index in [4.69, 9.17) is 25.2 Å². The zero-order valence-corrected chi connectivity index (χ0v) is 13.4. The molecule has 0 saturated carbocycles. The molecule has 0 heterocycles. The summed E-state index contributed by atoms with van der Waals surface area (Å²) in [4.78, 5) is 0. The van der Waals surface area contributed by atoms with Gasteiger partial charge in [0.15, 0.2) is 6.61 Å². The van der Waals surface area contributed by atoms with Gasteiger partial charge >= 0.3 is 8.69 Å². The molecular weight excluding hydrogens is 289 g/mol. The average Bonchev–Trinajstić information content (AvgIpc) is 2.38. The summed E-state index contributed by atoms with van der Waals surface area (Å²) in [5.41, 5.74) is 0. The Morgan fingerprint density at radius 2 is 1.50 bits per heavy atom. The highest BCUT2D eigenvalue weighted by molar-refractivity contribution is 7.17. The Kier molecular flexibility index (Phi) is 15.2. The molecule has 8 nitrogen and oxygen atoms in total. The molecule has 0 rings (SSSR count). The lowest BCUT2D eigenvalue weighted by Crippen LogP contribution is -2.37. The lowest BCUT2D eigenvalue weighted by atomic mass is 10.4. The third kappa shape index (κ3) is 20.1. The van der Waals surface area contributed by atoms with Crippen LogP contribution in [0.2, 0.25) is 0 Å². The summed E-state index contributed by atoms with van der Waals surface area (Å²) in [7, 11) is 5.58. The quantitative estimate of drug-likeness (QED) is 0.217. The zero-order valence-electron chi connectivity index (χ0n) is 12.4. The summed E-state index contributed by atoms with van der Waals surface area (Å²) in [6.07, 6.45) is -1.83. The topological polar surface area (TPSA) is 116 Å². The predicted octanol–water partition coefficient (Wildman–Crippen LogP) is -1.64. The van der Waals surface area contributed by atoms with Crippen LogP contribution >= 0.6 is 8.69 Å². The summed E-state index contributed by atoms with van der Waals surface area (Å²) < 4.78 is 20.1. The van der Waals surface area contributed by atoms with E-state index in [1.807, 2.05) is 0 Å². The van der Waals surface area contributed by atoms with Crippen LogP contribution in [0.25, 0.3) is 0 Å². The fraction of sp³-hybridized carbons (Fsp3) is 1.00. The molecule has 0 saturated heterocycles. The fourth-order valence-electron chi connectivity index (χ4n) is 0.807. The van der Waals surface area contributed by atoms with Crippen molar-refractivity contribution < 1.29 is 38.7 Å². The first-order valence-electron chi connectivity index (χ1n) is 6.21. The van der Waals surface area contributed by atoms with Crippen LogP contribution in [0.3, 0.4) is 0 Å². The Balaban J connectivity index is 0. The standard InChI is InChI=1S/C6H14O5.C5H14NO2P/c7-1-5(9)3-11-4-6(10)2-8;1-6(2,3)4-5-8-9-7/h5-10H,1-4H2;9H,4-5H2,1-3H3/q;+2.